The quantitative estimate of drug-likeness (QED) is 0.662. The van der Waals surface area contributed by atoms with Gasteiger partial charge in [0.1, 0.15) is 11.0 Å². The van der Waals surface area contributed by atoms with Gasteiger partial charge in [-0.05, 0) is 12.1 Å². The number of halogens is 1. The molecule has 0 aliphatic rings. The Morgan fingerprint density at radius 2 is 2.00 bits per heavy atom. The molecule has 94 valence electrons. The molecule has 3 rings (SSSR count). The highest BCUT2D eigenvalue weighted by molar-refractivity contribution is 6.29. The van der Waals surface area contributed by atoms with Crippen LogP contribution in [0.4, 0.5) is 0 Å². The maximum Gasteiger partial charge on any atom is 0.133 e. The lowest BCUT2D eigenvalue weighted by atomic mass is 10.1. The molecule has 0 fully saturated rings. The third kappa shape index (κ3) is 2.29. The number of pyridine rings is 1. The van der Waals surface area contributed by atoms with Crippen LogP contribution in [-0.4, -0.2) is 15.0 Å². The number of aromatic nitrogens is 3. The Bertz CT molecular complexity index is 735. The first kappa shape index (κ1) is 12.1. The maximum atomic E-state index is 6.06. The van der Waals surface area contributed by atoms with Crippen LogP contribution in [0.25, 0.3) is 22.2 Å². The van der Waals surface area contributed by atoms with Crippen molar-refractivity contribution in [2.24, 2.45) is 0 Å². The molecule has 0 saturated carbocycles. The number of benzene rings is 1. The van der Waals surface area contributed by atoms with E-state index < -0.39 is 0 Å². The van der Waals surface area contributed by atoms with Gasteiger partial charge in [-0.1, -0.05) is 36.7 Å². The molecule has 0 spiro atoms. The minimum absolute atomic E-state index is 0.475. The molecular formula is C15H12ClN3. The Labute approximate surface area is 116 Å². The number of hydrogen-bond donors (Lipinski definition) is 0. The first-order valence-corrected chi connectivity index (χ1v) is 6.53. The van der Waals surface area contributed by atoms with Gasteiger partial charge in [-0.3, -0.25) is 4.98 Å². The second-order valence-electron chi connectivity index (χ2n) is 4.22. The van der Waals surface area contributed by atoms with E-state index in [4.69, 9.17) is 11.6 Å². The molecule has 4 heteroatoms. The largest absolute Gasteiger partial charge is 0.256 e. The van der Waals surface area contributed by atoms with Gasteiger partial charge < -0.3 is 0 Å². The molecule has 0 saturated heterocycles. The highest BCUT2D eigenvalue weighted by Gasteiger charge is 2.08. The summed E-state index contributed by atoms with van der Waals surface area (Å²) in [5.41, 5.74) is 2.83. The monoisotopic (exact) mass is 269 g/mol. The molecule has 0 unspecified atom stereocenters. The summed E-state index contributed by atoms with van der Waals surface area (Å²) in [4.78, 5) is 13.1. The van der Waals surface area contributed by atoms with Crippen LogP contribution in [0, 0.1) is 0 Å². The van der Waals surface area contributed by atoms with Gasteiger partial charge in [-0.25, -0.2) is 9.97 Å². The van der Waals surface area contributed by atoms with Crippen LogP contribution in [0.15, 0.2) is 42.6 Å². The minimum Gasteiger partial charge on any atom is -0.256 e. The maximum absolute atomic E-state index is 6.06. The van der Waals surface area contributed by atoms with Crippen molar-refractivity contribution in [3.05, 3.63) is 53.6 Å². The first-order chi connectivity index (χ1) is 9.28. The number of rotatable bonds is 2. The van der Waals surface area contributed by atoms with Gasteiger partial charge in [-0.2, -0.15) is 0 Å². The van der Waals surface area contributed by atoms with Gasteiger partial charge >= 0.3 is 0 Å². The fourth-order valence-electron chi connectivity index (χ4n) is 2.09. The summed E-state index contributed by atoms with van der Waals surface area (Å²) in [6, 6.07) is 11.8. The lowest BCUT2D eigenvalue weighted by molar-refractivity contribution is 0.944. The van der Waals surface area contributed by atoms with E-state index in [0.29, 0.717) is 5.15 Å². The van der Waals surface area contributed by atoms with Gasteiger partial charge in [0.25, 0.3) is 0 Å². The van der Waals surface area contributed by atoms with Crippen molar-refractivity contribution in [3.63, 3.8) is 0 Å². The molecule has 0 aliphatic heterocycles. The lowest BCUT2D eigenvalue weighted by Crippen LogP contribution is -1.96. The Kier molecular flexibility index (Phi) is 3.13. The molecule has 1 aromatic carbocycles. The van der Waals surface area contributed by atoms with Crippen LogP contribution in [0.3, 0.4) is 0 Å². The second-order valence-corrected chi connectivity index (χ2v) is 4.61. The normalized spacial score (nSPS) is 10.8. The Balaban J connectivity index is 2.27. The van der Waals surface area contributed by atoms with Gasteiger partial charge in [-0.15, -0.1) is 0 Å². The summed E-state index contributed by atoms with van der Waals surface area (Å²) in [5.74, 6) is 0.753. The zero-order valence-electron chi connectivity index (χ0n) is 10.5. The fourth-order valence-corrected chi connectivity index (χ4v) is 2.29. The van der Waals surface area contributed by atoms with Crippen LogP contribution in [0.1, 0.15) is 12.7 Å². The van der Waals surface area contributed by atoms with Crippen molar-refractivity contribution in [1.82, 2.24) is 15.0 Å². The van der Waals surface area contributed by atoms with Crippen molar-refractivity contribution in [1.29, 1.82) is 0 Å². The van der Waals surface area contributed by atoms with Crippen molar-refractivity contribution < 1.29 is 0 Å². The zero-order valence-corrected chi connectivity index (χ0v) is 11.2. The molecular weight excluding hydrogens is 258 g/mol. The predicted octanol–water partition coefficient (Wildman–Crippen LogP) is 3.91. The summed E-state index contributed by atoms with van der Waals surface area (Å²) in [6.07, 6.45) is 2.55. The van der Waals surface area contributed by atoms with Gasteiger partial charge in [0.2, 0.25) is 0 Å². The standard InChI is InChI=1S/C15H12ClN3/c1-2-15-18-13(9-14(16)19-15)11-5-3-7-12-10(11)6-4-8-17-12/h3-9H,2H2,1H3. The predicted molar refractivity (Wildman–Crippen MR) is 77.2 cm³/mol. The van der Waals surface area contributed by atoms with Crippen LogP contribution >= 0.6 is 11.6 Å². The molecule has 0 atom stereocenters. The van der Waals surface area contributed by atoms with Gasteiger partial charge in [0.15, 0.2) is 0 Å². The van der Waals surface area contributed by atoms with Crippen molar-refractivity contribution in [2.75, 3.05) is 0 Å². The van der Waals surface area contributed by atoms with Crippen LogP contribution in [0.2, 0.25) is 5.15 Å². The van der Waals surface area contributed by atoms with E-state index in [1.807, 2.05) is 37.3 Å². The van der Waals surface area contributed by atoms with E-state index in [9.17, 15) is 0 Å². The molecule has 0 radical (unpaired) electrons. The molecule has 0 aliphatic carbocycles. The van der Waals surface area contributed by atoms with Crippen LogP contribution in [0.5, 0.6) is 0 Å². The molecule has 3 nitrogen and oxygen atoms in total. The van der Waals surface area contributed by atoms with E-state index in [2.05, 4.69) is 15.0 Å². The molecule has 2 heterocycles. The molecule has 0 N–H and O–H groups in total. The number of fused-ring (bicyclic) bond motifs is 1. The average molecular weight is 270 g/mol. The average Bonchev–Trinajstić information content (AvgIpc) is 2.46. The third-order valence-corrected chi connectivity index (χ3v) is 3.17. The smallest absolute Gasteiger partial charge is 0.133 e. The van der Waals surface area contributed by atoms with Crippen molar-refractivity contribution >= 4 is 22.5 Å². The molecule has 0 bridgehead atoms. The molecule has 2 aromatic heterocycles. The topological polar surface area (TPSA) is 38.7 Å². The Hall–Kier alpha value is -2.00. The summed E-state index contributed by atoms with van der Waals surface area (Å²) < 4.78 is 0. The minimum atomic E-state index is 0.475. The summed E-state index contributed by atoms with van der Waals surface area (Å²) in [6.45, 7) is 2.01. The van der Waals surface area contributed by atoms with E-state index in [1.54, 1.807) is 12.3 Å². The zero-order chi connectivity index (χ0) is 13.2. The Morgan fingerprint density at radius 1 is 1.11 bits per heavy atom. The molecule has 19 heavy (non-hydrogen) atoms. The lowest BCUT2D eigenvalue weighted by Gasteiger charge is -2.07. The van der Waals surface area contributed by atoms with E-state index in [1.165, 1.54) is 0 Å². The van der Waals surface area contributed by atoms with E-state index in [0.717, 1.165) is 34.4 Å². The van der Waals surface area contributed by atoms with Crippen LogP contribution in [-0.2, 0) is 6.42 Å². The van der Waals surface area contributed by atoms with Gasteiger partial charge in [0.05, 0.1) is 11.2 Å². The second kappa shape index (κ2) is 4.94. The van der Waals surface area contributed by atoms with E-state index in [-0.39, 0.29) is 0 Å². The van der Waals surface area contributed by atoms with E-state index >= 15 is 0 Å². The summed E-state index contributed by atoms with van der Waals surface area (Å²) in [5, 5.41) is 1.55. The fraction of sp³-hybridized carbons (Fsp3) is 0.133. The molecule has 3 aromatic rings. The number of hydrogen-bond acceptors (Lipinski definition) is 3. The number of aryl methyl sites for hydroxylation is 1. The van der Waals surface area contributed by atoms with Crippen molar-refractivity contribution in [3.8, 4) is 11.3 Å². The highest BCUT2D eigenvalue weighted by Crippen LogP contribution is 2.27. The van der Waals surface area contributed by atoms with Crippen molar-refractivity contribution in [2.45, 2.75) is 13.3 Å². The van der Waals surface area contributed by atoms with Crippen LogP contribution < -0.4 is 0 Å². The summed E-state index contributed by atoms with van der Waals surface area (Å²) in [7, 11) is 0. The number of nitrogens with zero attached hydrogens (tertiary/aromatic N) is 3. The molecule has 0 amide bonds. The SMILES string of the molecule is CCc1nc(Cl)cc(-c2cccc3ncccc23)n1. The first-order valence-electron chi connectivity index (χ1n) is 6.15. The highest BCUT2D eigenvalue weighted by atomic mass is 35.5. The Morgan fingerprint density at radius 3 is 2.84 bits per heavy atom. The van der Waals surface area contributed by atoms with Gasteiger partial charge in [0, 0.05) is 29.6 Å². The summed E-state index contributed by atoms with van der Waals surface area (Å²) >= 11 is 6.06. The third-order valence-electron chi connectivity index (χ3n) is 2.98.